The van der Waals surface area contributed by atoms with Gasteiger partial charge < -0.3 is 20.1 Å². The van der Waals surface area contributed by atoms with Gasteiger partial charge in [0.1, 0.15) is 0 Å². The first-order valence-corrected chi connectivity index (χ1v) is 8.55. The molecule has 154 valence electrons. The molecule has 0 fully saturated rings. The Bertz CT molecular complexity index is 933. The number of anilines is 1. The lowest BCUT2D eigenvalue weighted by Gasteiger charge is -2.15. The second kappa shape index (κ2) is 9.74. The summed E-state index contributed by atoms with van der Waals surface area (Å²) in [7, 11) is 2.39. The Morgan fingerprint density at radius 1 is 0.966 bits per heavy atom. The Hall–Kier alpha value is -3.33. The highest BCUT2D eigenvalue weighted by molar-refractivity contribution is 6.03. The number of benzene rings is 2. The molecule has 29 heavy (non-hydrogen) atoms. The molecule has 0 bridgehead atoms. The van der Waals surface area contributed by atoms with E-state index in [2.05, 4.69) is 20.1 Å². The lowest BCUT2D eigenvalue weighted by atomic mass is 10.1. The molecule has 0 aliphatic heterocycles. The van der Waals surface area contributed by atoms with Crippen LogP contribution in [0, 0.1) is 11.6 Å². The van der Waals surface area contributed by atoms with Crippen molar-refractivity contribution in [2.45, 2.75) is 13.0 Å². The number of carbonyl (C=O) groups excluding carboxylic acids is 3. The van der Waals surface area contributed by atoms with Gasteiger partial charge in [0, 0.05) is 6.04 Å². The van der Waals surface area contributed by atoms with Gasteiger partial charge in [-0.1, -0.05) is 6.07 Å². The summed E-state index contributed by atoms with van der Waals surface area (Å²) in [6.07, 6.45) is 0. The summed E-state index contributed by atoms with van der Waals surface area (Å²) in [5.74, 6) is -3.80. The van der Waals surface area contributed by atoms with Crippen LogP contribution in [0.25, 0.3) is 0 Å². The van der Waals surface area contributed by atoms with Gasteiger partial charge in [-0.3, -0.25) is 4.79 Å². The van der Waals surface area contributed by atoms with Gasteiger partial charge in [0.25, 0.3) is 0 Å². The first kappa shape index (κ1) is 22.0. The predicted molar refractivity (Wildman–Crippen MR) is 101 cm³/mol. The topological polar surface area (TPSA) is 93.7 Å². The summed E-state index contributed by atoms with van der Waals surface area (Å²) in [5.41, 5.74) is 0.729. The highest BCUT2D eigenvalue weighted by Gasteiger charge is 2.18. The largest absolute Gasteiger partial charge is 0.465 e. The van der Waals surface area contributed by atoms with Crippen LogP contribution in [0.1, 0.15) is 39.2 Å². The van der Waals surface area contributed by atoms with E-state index in [9.17, 15) is 23.2 Å². The second-order valence-electron chi connectivity index (χ2n) is 6.07. The molecule has 0 saturated heterocycles. The standard InChI is InChI=1S/C20H20F2N2O5/c1-11(12-5-7-15(21)16(22)8-12)23-10-18(25)24-17-9-13(19(26)28-2)4-6-14(17)20(27)29-3/h4-9,11,23H,10H2,1-3H3,(H,24,25)/t11-/m1/s1. The zero-order valence-corrected chi connectivity index (χ0v) is 16.0. The Balaban J connectivity index is 2.11. The third kappa shape index (κ3) is 5.58. The van der Waals surface area contributed by atoms with Crippen molar-refractivity contribution in [2.24, 2.45) is 0 Å². The number of hydrogen-bond acceptors (Lipinski definition) is 6. The maximum absolute atomic E-state index is 13.3. The van der Waals surface area contributed by atoms with Crippen molar-refractivity contribution in [2.75, 3.05) is 26.1 Å². The lowest BCUT2D eigenvalue weighted by Crippen LogP contribution is -2.30. The van der Waals surface area contributed by atoms with Crippen molar-refractivity contribution in [1.29, 1.82) is 0 Å². The van der Waals surface area contributed by atoms with Gasteiger partial charge in [-0.15, -0.1) is 0 Å². The van der Waals surface area contributed by atoms with Gasteiger partial charge in [0.2, 0.25) is 5.91 Å². The van der Waals surface area contributed by atoms with Crippen LogP contribution in [0.4, 0.5) is 14.5 Å². The summed E-state index contributed by atoms with van der Waals surface area (Å²) in [6, 6.07) is 7.02. The minimum Gasteiger partial charge on any atom is -0.465 e. The molecule has 0 unspecified atom stereocenters. The Kier molecular flexibility index (Phi) is 7.38. The molecule has 7 nitrogen and oxygen atoms in total. The zero-order chi connectivity index (χ0) is 21.6. The molecule has 0 aliphatic rings. The van der Waals surface area contributed by atoms with E-state index in [1.807, 2.05) is 0 Å². The third-order valence-corrected chi connectivity index (χ3v) is 4.13. The van der Waals surface area contributed by atoms with Crippen LogP contribution in [-0.4, -0.2) is 38.6 Å². The normalized spacial score (nSPS) is 11.5. The number of rotatable bonds is 7. The molecule has 9 heteroatoms. The fourth-order valence-corrected chi connectivity index (χ4v) is 2.52. The molecule has 1 amide bonds. The van der Waals surface area contributed by atoms with Gasteiger partial charge in [-0.25, -0.2) is 18.4 Å². The van der Waals surface area contributed by atoms with E-state index in [0.29, 0.717) is 5.56 Å². The van der Waals surface area contributed by atoms with E-state index < -0.39 is 35.5 Å². The number of carbonyl (C=O) groups is 3. The summed E-state index contributed by atoms with van der Waals surface area (Å²) in [5, 5.41) is 5.40. The van der Waals surface area contributed by atoms with Crippen LogP contribution in [-0.2, 0) is 14.3 Å². The number of amides is 1. The minimum absolute atomic E-state index is 0.0576. The quantitative estimate of drug-likeness (QED) is 0.687. The summed E-state index contributed by atoms with van der Waals surface area (Å²) < 4.78 is 35.7. The van der Waals surface area contributed by atoms with Crippen molar-refractivity contribution < 1.29 is 32.6 Å². The number of esters is 2. The van der Waals surface area contributed by atoms with Gasteiger partial charge >= 0.3 is 11.9 Å². The Morgan fingerprint density at radius 2 is 1.66 bits per heavy atom. The highest BCUT2D eigenvalue weighted by atomic mass is 19.2. The van der Waals surface area contributed by atoms with Crippen LogP contribution < -0.4 is 10.6 Å². The van der Waals surface area contributed by atoms with E-state index in [1.54, 1.807) is 6.92 Å². The van der Waals surface area contributed by atoms with Gasteiger partial charge in [-0.05, 0) is 42.8 Å². The first-order valence-electron chi connectivity index (χ1n) is 8.55. The maximum atomic E-state index is 13.3. The van der Waals surface area contributed by atoms with Crippen LogP contribution in [0.15, 0.2) is 36.4 Å². The van der Waals surface area contributed by atoms with E-state index >= 15 is 0 Å². The molecule has 1 atom stereocenters. The Labute approximate surface area is 166 Å². The molecule has 2 aromatic carbocycles. The SMILES string of the molecule is COC(=O)c1ccc(C(=O)OC)c(NC(=O)CN[C@H](C)c2ccc(F)c(F)c2)c1. The van der Waals surface area contributed by atoms with E-state index in [-0.39, 0.29) is 23.4 Å². The molecular weight excluding hydrogens is 386 g/mol. The number of methoxy groups -OCH3 is 2. The average Bonchev–Trinajstić information content (AvgIpc) is 2.72. The van der Waals surface area contributed by atoms with Crippen molar-refractivity contribution in [3.63, 3.8) is 0 Å². The van der Waals surface area contributed by atoms with Crippen molar-refractivity contribution in [3.05, 3.63) is 64.7 Å². The van der Waals surface area contributed by atoms with Gasteiger partial charge in [-0.2, -0.15) is 0 Å². The summed E-state index contributed by atoms with van der Waals surface area (Å²) in [6.45, 7) is 1.49. The van der Waals surface area contributed by atoms with Crippen molar-refractivity contribution in [3.8, 4) is 0 Å². The molecule has 0 saturated carbocycles. The molecule has 2 N–H and O–H groups in total. The highest BCUT2D eigenvalue weighted by Crippen LogP contribution is 2.20. The molecule has 2 aromatic rings. The molecule has 0 radical (unpaired) electrons. The van der Waals surface area contributed by atoms with Crippen LogP contribution >= 0.6 is 0 Å². The number of hydrogen-bond donors (Lipinski definition) is 2. The molecule has 0 aliphatic carbocycles. The Morgan fingerprint density at radius 3 is 2.28 bits per heavy atom. The molecular formula is C20H20F2N2O5. The fraction of sp³-hybridized carbons (Fsp3) is 0.250. The van der Waals surface area contributed by atoms with Gasteiger partial charge in [0.05, 0.1) is 37.6 Å². The predicted octanol–water partition coefficient (Wildman–Crippen LogP) is 2.83. The minimum atomic E-state index is -0.983. The lowest BCUT2D eigenvalue weighted by molar-refractivity contribution is -0.115. The van der Waals surface area contributed by atoms with Crippen LogP contribution in [0.2, 0.25) is 0 Å². The summed E-state index contributed by atoms with van der Waals surface area (Å²) in [4.78, 5) is 35.9. The van der Waals surface area contributed by atoms with E-state index in [0.717, 1.165) is 12.1 Å². The molecule has 0 spiro atoms. The van der Waals surface area contributed by atoms with Crippen LogP contribution in [0.3, 0.4) is 0 Å². The first-order chi connectivity index (χ1) is 13.8. The number of ether oxygens (including phenoxy) is 2. The van der Waals surface area contributed by atoms with Gasteiger partial charge in [0.15, 0.2) is 11.6 Å². The maximum Gasteiger partial charge on any atom is 0.339 e. The molecule has 0 heterocycles. The van der Waals surface area contributed by atoms with Crippen molar-refractivity contribution >= 4 is 23.5 Å². The van der Waals surface area contributed by atoms with E-state index in [1.165, 1.54) is 38.5 Å². The third-order valence-electron chi connectivity index (χ3n) is 4.13. The fourth-order valence-electron chi connectivity index (χ4n) is 2.52. The average molecular weight is 406 g/mol. The molecule has 0 aromatic heterocycles. The number of halogens is 2. The summed E-state index contributed by atoms with van der Waals surface area (Å²) >= 11 is 0. The second-order valence-corrected chi connectivity index (χ2v) is 6.07. The van der Waals surface area contributed by atoms with Crippen molar-refractivity contribution in [1.82, 2.24) is 5.32 Å². The zero-order valence-electron chi connectivity index (χ0n) is 16.0. The van der Waals surface area contributed by atoms with E-state index in [4.69, 9.17) is 0 Å². The smallest absolute Gasteiger partial charge is 0.339 e. The number of nitrogens with one attached hydrogen (secondary N) is 2. The molecule has 2 rings (SSSR count). The van der Waals surface area contributed by atoms with Crippen LogP contribution in [0.5, 0.6) is 0 Å². The monoisotopic (exact) mass is 406 g/mol.